The van der Waals surface area contributed by atoms with Crippen LogP contribution in [-0.2, 0) is 16.0 Å². The highest BCUT2D eigenvalue weighted by molar-refractivity contribution is 7.10. The number of fused-ring (bicyclic) bond motifs is 1. The van der Waals surface area contributed by atoms with Crippen LogP contribution in [0.25, 0.3) is 6.08 Å². The molecule has 1 aromatic heterocycles. The maximum absolute atomic E-state index is 12.3. The number of benzene rings is 1. The van der Waals surface area contributed by atoms with Crippen LogP contribution in [-0.4, -0.2) is 24.9 Å². The summed E-state index contributed by atoms with van der Waals surface area (Å²) >= 11 is 1.57. The summed E-state index contributed by atoms with van der Waals surface area (Å²) in [6.45, 7) is 2.45. The van der Waals surface area contributed by atoms with Gasteiger partial charge in [0.05, 0.1) is 6.54 Å². The molecular formula is C18H18N2O2S. The molecule has 4 nitrogen and oxygen atoms in total. The first-order valence-electron chi connectivity index (χ1n) is 7.53. The second-order valence-corrected chi connectivity index (χ2v) is 6.43. The van der Waals surface area contributed by atoms with E-state index in [4.69, 9.17) is 0 Å². The lowest BCUT2D eigenvalue weighted by Gasteiger charge is -2.17. The standard InChI is InChI=1S/C18H18N2O2S/c1-13(11-15-6-4-10-23-15)18(22)19-12-17(21)20-9-8-14-5-2-3-7-16(14)20/h2-7,10-11H,8-9,12H2,1H3,(H,19,22)/b13-11+. The van der Waals surface area contributed by atoms with E-state index in [0.717, 1.165) is 17.0 Å². The molecule has 1 aliphatic rings. The summed E-state index contributed by atoms with van der Waals surface area (Å²) in [4.78, 5) is 27.2. The number of nitrogens with one attached hydrogen (secondary N) is 1. The number of hydrogen-bond acceptors (Lipinski definition) is 3. The molecule has 1 aliphatic heterocycles. The number of rotatable bonds is 4. The Balaban J connectivity index is 1.58. The summed E-state index contributed by atoms with van der Waals surface area (Å²) in [7, 11) is 0. The van der Waals surface area contributed by atoms with E-state index in [1.165, 1.54) is 5.56 Å². The van der Waals surface area contributed by atoms with Gasteiger partial charge in [-0.05, 0) is 42.5 Å². The van der Waals surface area contributed by atoms with Crippen LogP contribution in [0.1, 0.15) is 17.4 Å². The van der Waals surface area contributed by atoms with Crippen LogP contribution in [0.15, 0.2) is 47.4 Å². The van der Waals surface area contributed by atoms with Crippen LogP contribution in [0, 0.1) is 0 Å². The average Bonchev–Trinajstić information content (AvgIpc) is 3.21. The molecule has 1 N–H and O–H groups in total. The highest BCUT2D eigenvalue weighted by atomic mass is 32.1. The van der Waals surface area contributed by atoms with Gasteiger partial charge in [-0.3, -0.25) is 9.59 Å². The molecule has 23 heavy (non-hydrogen) atoms. The van der Waals surface area contributed by atoms with Crippen molar-refractivity contribution in [3.8, 4) is 0 Å². The molecular weight excluding hydrogens is 308 g/mol. The third-order valence-corrected chi connectivity index (χ3v) is 4.67. The number of thiophene rings is 1. The first kappa shape index (κ1) is 15.5. The number of hydrogen-bond donors (Lipinski definition) is 1. The van der Waals surface area contributed by atoms with Crippen LogP contribution in [0.2, 0.25) is 0 Å². The normalized spacial score (nSPS) is 13.8. The average molecular weight is 326 g/mol. The Morgan fingerprint density at radius 3 is 2.87 bits per heavy atom. The summed E-state index contributed by atoms with van der Waals surface area (Å²) in [6.07, 6.45) is 2.70. The fourth-order valence-electron chi connectivity index (χ4n) is 2.64. The number of carbonyl (C=O) groups excluding carboxylic acids is 2. The van der Waals surface area contributed by atoms with E-state index >= 15 is 0 Å². The number of para-hydroxylation sites is 1. The van der Waals surface area contributed by atoms with Crippen molar-refractivity contribution in [1.82, 2.24) is 5.32 Å². The lowest BCUT2D eigenvalue weighted by atomic mass is 10.2. The van der Waals surface area contributed by atoms with Gasteiger partial charge in [0.15, 0.2) is 0 Å². The number of carbonyl (C=O) groups is 2. The largest absolute Gasteiger partial charge is 0.343 e. The maximum atomic E-state index is 12.3. The van der Waals surface area contributed by atoms with E-state index < -0.39 is 0 Å². The smallest absolute Gasteiger partial charge is 0.247 e. The topological polar surface area (TPSA) is 49.4 Å². The first-order valence-corrected chi connectivity index (χ1v) is 8.41. The summed E-state index contributed by atoms with van der Waals surface area (Å²) in [5, 5.41) is 4.67. The Hall–Kier alpha value is -2.40. The van der Waals surface area contributed by atoms with Crippen molar-refractivity contribution < 1.29 is 9.59 Å². The summed E-state index contributed by atoms with van der Waals surface area (Å²) in [6, 6.07) is 11.8. The Labute approximate surface area is 139 Å². The summed E-state index contributed by atoms with van der Waals surface area (Å²) < 4.78 is 0. The molecule has 2 amide bonds. The van der Waals surface area contributed by atoms with E-state index in [9.17, 15) is 9.59 Å². The van der Waals surface area contributed by atoms with Crippen molar-refractivity contribution in [2.24, 2.45) is 0 Å². The van der Waals surface area contributed by atoms with Crippen LogP contribution in [0.3, 0.4) is 0 Å². The quantitative estimate of drug-likeness (QED) is 0.878. The number of amides is 2. The molecule has 0 fully saturated rings. The molecule has 1 aromatic carbocycles. The molecule has 0 radical (unpaired) electrons. The highest BCUT2D eigenvalue weighted by Gasteiger charge is 2.24. The highest BCUT2D eigenvalue weighted by Crippen LogP contribution is 2.27. The van der Waals surface area contributed by atoms with E-state index in [0.29, 0.717) is 12.1 Å². The molecule has 0 atom stereocenters. The van der Waals surface area contributed by atoms with Gasteiger partial charge in [-0.15, -0.1) is 11.3 Å². The van der Waals surface area contributed by atoms with Crippen LogP contribution >= 0.6 is 11.3 Å². The number of anilines is 1. The Morgan fingerprint density at radius 2 is 2.09 bits per heavy atom. The molecule has 0 aliphatic carbocycles. The zero-order valence-corrected chi connectivity index (χ0v) is 13.7. The van der Waals surface area contributed by atoms with Crippen molar-refractivity contribution in [3.05, 3.63) is 57.8 Å². The molecule has 0 saturated heterocycles. The van der Waals surface area contributed by atoms with Gasteiger partial charge in [0.25, 0.3) is 0 Å². The van der Waals surface area contributed by atoms with Gasteiger partial charge in [0, 0.05) is 22.7 Å². The van der Waals surface area contributed by atoms with Crippen molar-refractivity contribution >= 4 is 34.9 Å². The zero-order chi connectivity index (χ0) is 16.2. The van der Waals surface area contributed by atoms with Crippen molar-refractivity contribution in [3.63, 3.8) is 0 Å². The molecule has 2 heterocycles. The van der Waals surface area contributed by atoms with Crippen LogP contribution in [0.4, 0.5) is 5.69 Å². The molecule has 0 saturated carbocycles. The van der Waals surface area contributed by atoms with Crippen molar-refractivity contribution in [2.75, 3.05) is 18.0 Å². The molecule has 118 valence electrons. The molecule has 0 spiro atoms. The van der Waals surface area contributed by atoms with Gasteiger partial charge in [0.1, 0.15) is 0 Å². The van der Waals surface area contributed by atoms with E-state index in [1.807, 2.05) is 47.9 Å². The minimum absolute atomic E-state index is 0.0167. The minimum Gasteiger partial charge on any atom is -0.343 e. The molecule has 2 aromatic rings. The van der Waals surface area contributed by atoms with E-state index in [-0.39, 0.29) is 18.4 Å². The Bertz CT molecular complexity index is 750. The minimum atomic E-state index is -0.209. The van der Waals surface area contributed by atoms with Gasteiger partial charge < -0.3 is 10.2 Å². The van der Waals surface area contributed by atoms with Gasteiger partial charge in [-0.25, -0.2) is 0 Å². The maximum Gasteiger partial charge on any atom is 0.247 e. The fraction of sp³-hybridized carbons (Fsp3) is 0.222. The first-order chi connectivity index (χ1) is 11.1. The lowest BCUT2D eigenvalue weighted by Crippen LogP contribution is -2.39. The molecule has 0 unspecified atom stereocenters. The third-order valence-electron chi connectivity index (χ3n) is 3.85. The monoisotopic (exact) mass is 326 g/mol. The Kier molecular flexibility index (Phi) is 4.57. The van der Waals surface area contributed by atoms with Crippen LogP contribution < -0.4 is 10.2 Å². The van der Waals surface area contributed by atoms with Gasteiger partial charge in [-0.1, -0.05) is 24.3 Å². The SMILES string of the molecule is C/C(=C\c1cccs1)C(=O)NCC(=O)N1CCc2ccccc21. The molecule has 3 rings (SSSR count). The Morgan fingerprint density at radius 1 is 1.26 bits per heavy atom. The van der Waals surface area contributed by atoms with E-state index in [2.05, 4.69) is 5.32 Å². The fourth-order valence-corrected chi connectivity index (χ4v) is 3.36. The molecule has 5 heteroatoms. The summed E-state index contributed by atoms with van der Waals surface area (Å²) in [5.41, 5.74) is 2.74. The van der Waals surface area contributed by atoms with Gasteiger partial charge >= 0.3 is 0 Å². The van der Waals surface area contributed by atoms with Crippen LogP contribution in [0.5, 0.6) is 0 Å². The number of nitrogens with zero attached hydrogens (tertiary/aromatic N) is 1. The zero-order valence-electron chi connectivity index (χ0n) is 12.9. The lowest BCUT2D eigenvalue weighted by molar-refractivity contribution is -0.122. The predicted molar refractivity (Wildman–Crippen MR) is 93.5 cm³/mol. The van der Waals surface area contributed by atoms with Gasteiger partial charge in [0.2, 0.25) is 11.8 Å². The van der Waals surface area contributed by atoms with Gasteiger partial charge in [-0.2, -0.15) is 0 Å². The second kappa shape index (κ2) is 6.79. The molecule has 0 bridgehead atoms. The summed E-state index contributed by atoms with van der Waals surface area (Å²) in [5.74, 6) is -0.286. The predicted octanol–water partition coefficient (Wildman–Crippen LogP) is 2.86. The second-order valence-electron chi connectivity index (χ2n) is 5.45. The van der Waals surface area contributed by atoms with Crippen molar-refractivity contribution in [2.45, 2.75) is 13.3 Å². The van der Waals surface area contributed by atoms with E-state index in [1.54, 1.807) is 23.2 Å². The van der Waals surface area contributed by atoms with Crippen molar-refractivity contribution in [1.29, 1.82) is 0 Å². The third kappa shape index (κ3) is 3.51.